The van der Waals surface area contributed by atoms with Crippen LogP contribution in [-0.2, 0) is 19.2 Å². The van der Waals surface area contributed by atoms with E-state index in [0.29, 0.717) is 71.7 Å². The molecule has 2 atom stereocenters. The van der Waals surface area contributed by atoms with Gasteiger partial charge in [-0.3, -0.25) is 19.2 Å². The van der Waals surface area contributed by atoms with Crippen molar-refractivity contribution in [1.82, 2.24) is 10.6 Å². The summed E-state index contributed by atoms with van der Waals surface area (Å²) in [6.45, 7) is 0.596. The number of anilines is 2. The van der Waals surface area contributed by atoms with Gasteiger partial charge in [0.1, 0.15) is 11.5 Å². The first-order chi connectivity index (χ1) is 24.2. The average Bonchev–Trinajstić information content (AvgIpc) is 3.73. The van der Waals surface area contributed by atoms with Crippen molar-refractivity contribution in [3.05, 3.63) is 82.8 Å². The van der Waals surface area contributed by atoms with Crippen molar-refractivity contribution in [3.8, 4) is 44.9 Å². The standard InChI is InChI=1S/C38H32Cl2N4O6/c39-37-25(21-7-11-29-31(15-21)49-19-35(47)43(29)17-23-9-13-33(45)41-23)3-1-5-27(37)28-6-2-4-26(38(28)40)22-8-12-30-32(16-22)50-20-36(48)44(30)18-24-10-14-34(46)42-24/h1-8,11-12,15-16,23-24H,9-10,13-14,17-20H2,(H,41,45)(H,42,46)/t23-,24-/m1/s1. The highest BCUT2D eigenvalue weighted by atomic mass is 35.5. The molecule has 2 saturated heterocycles. The van der Waals surface area contributed by atoms with Gasteiger partial charge in [0.2, 0.25) is 11.8 Å². The van der Waals surface area contributed by atoms with Gasteiger partial charge in [0.25, 0.3) is 11.8 Å². The van der Waals surface area contributed by atoms with E-state index in [-0.39, 0.29) is 48.9 Å². The van der Waals surface area contributed by atoms with Gasteiger partial charge in [-0.05, 0) is 48.2 Å². The molecule has 12 heteroatoms. The number of amides is 4. The minimum Gasteiger partial charge on any atom is -0.482 e. The van der Waals surface area contributed by atoms with Gasteiger partial charge in [-0.2, -0.15) is 0 Å². The Morgan fingerprint density at radius 3 is 1.42 bits per heavy atom. The van der Waals surface area contributed by atoms with E-state index in [1.165, 1.54) is 0 Å². The zero-order chi connectivity index (χ0) is 34.5. The number of hydrogen-bond acceptors (Lipinski definition) is 6. The third-order valence-corrected chi connectivity index (χ3v) is 10.5. The smallest absolute Gasteiger partial charge is 0.265 e. The molecule has 4 aliphatic heterocycles. The van der Waals surface area contributed by atoms with Gasteiger partial charge in [-0.25, -0.2) is 0 Å². The Morgan fingerprint density at radius 1 is 0.600 bits per heavy atom. The molecule has 4 aliphatic rings. The molecule has 0 aromatic heterocycles. The molecule has 2 N–H and O–H groups in total. The number of fused-ring (bicyclic) bond motifs is 2. The maximum Gasteiger partial charge on any atom is 0.265 e. The largest absolute Gasteiger partial charge is 0.482 e. The van der Waals surface area contributed by atoms with E-state index in [1.54, 1.807) is 9.80 Å². The predicted molar refractivity (Wildman–Crippen MR) is 191 cm³/mol. The van der Waals surface area contributed by atoms with Crippen LogP contribution in [0.25, 0.3) is 33.4 Å². The number of benzene rings is 4. The summed E-state index contributed by atoms with van der Waals surface area (Å²) in [7, 11) is 0. The van der Waals surface area contributed by atoms with Crippen LogP contribution in [0, 0.1) is 0 Å². The van der Waals surface area contributed by atoms with E-state index in [1.807, 2.05) is 72.8 Å². The fraction of sp³-hybridized carbons (Fsp3) is 0.263. The summed E-state index contributed by atoms with van der Waals surface area (Å²) < 4.78 is 11.7. The molecule has 50 heavy (non-hydrogen) atoms. The van der Waals surface area contributed by atoms with Crippen LogP contribution in [-0.4, -0.2) is 62.0 Å². The quantitative estimate of drug-likeness (QED) is 0.243. The summed E-state index contributed by atoms with van der Waals surface area (Å²) in [5, 5.41) is 6.88. The molecule has 0 saturated carbocycles. The van der Waals surface area contributed by atoms with Gasteiger partial charge >= 0.3 is 0 Å². The summed E-state index contributed by atoms with van der Waals surface area (Å²) in [4.78, 5) is 52.4. The Bertz CT molecular complexity index is 1940. The molecule has 2 fully saturated rings. The van der Waals surface area contributed by atoms with Crippen molar-refractivity contribution in [3.63, 3.8) is 0 Å². The van der Waals surface area contributed by atoms with Crippen LogP contribution in [0.5, 0.6) is 11.5 Å². The molecule has 8 rings (SSSR count). The zero-order valence-corrected chi connectivity index (χ0v) is 28.4. The Labute approximate surface area is 298 Å². The van der Waals surface area contributed by atoms with Crippen LogP contribution in [0.1, 0.15) is 25.7 Å². The van der Waals surface area contributed by atoms with Gasteiger partial charge < -0.3 is 29.9 Å². The van der Waals surface area contributed by atoms with Gasteiger partial charge in [-0.1, -0.05) is 71.7 Å². The fourth-order valence-electron chi connectivity index (χ4n) is 7.14. The highest BCUT2D eigenvalue weighted by molar-refractivity contribution is 6.39. The van der Waals surface area contributed by atoms with Crippen LogP contribution in [0.2, 0.25) is 10.0 Å². The zero-order valence-electron chi connectivity index (χ0n) is 26.8. The van der Waals surface area contributed by atoms with Crippen molar-refractivity contribution < 1.29 is 28.7 Å². The van der Waals surface area contributed by atoms with Crippen LogP contribution in [0.3, 0.4) is 0 Å². The minimum absolute atomic E-state index is 0.000345. The van der Waals surface area contributed by atoms with E-state index in [4.69, 9.17) is 32.7 Å². The number of nitrogens with zero attached hydrogens (tertiary/aromatic N) is 2. The lowest BCUT2D eigenvalue weighted by molar-refractivity contribution is -0.122. The van der Waals surface area contributed by atoms with Crippen LogP contribution in [0.4, 0.5) is 11.4 Å². The maximum atomic E-state index is 12.8. The fourth-order valence-corrected chi connectivity index (χ4v) is 7.81. The summed E-state index contributed by atoms with van der Waals surface area (Å²) in [5.74, 6) is 0.819. The number of carbonyl (C=O) groups is 4. The van der Waals surface area contributed by atoms with Crippen molar-refractivity contribution in [2.75, 3.05) is 36.1 Å². The number of carbonyl (C=O) groups excluding carboxylic acids is 4. The van der Waals surface area contributed by atoms with Gasteiger partial charge in [-0.15, -0.1) is 0 Å². The van der Waals surface area contributed by atoms with E-state index >= 15 is 0 Å². The van der Waals surface area contributed by atoms with Crippen LogP contribution >= 0.6 is 23.2 Å². The molecule has 0 bridgehead atoms. The van der Waals surface area contributed by atoms with Gasteiger partial charge in [0.05, 0.1) is 21.4 Å². The summed E-state index contributed by atoms with van der Waals surface area (Å²) in [6.07, 6.45) is 2.29. The van der Waals surface area contributed by atoms with Crippen molar-refractivity contribution in [1.29, 1.82) is 0 Å². The number of ether oxygens (including phenoxy) is 2. The molecule has 4 heterocycles. The second kappa shape index (κ2) is 13.0. The predicted octanol–water partition coefficient (Wildman–Crippen LogP) is 6.00. The monoisotopic (exact) mass is 710 g/mol. The van der Waals surface area contributed by atoms with Gasteiger partial charge in [0.15, 0.2) is 13.2 Å². The highest BCUT2D eigenvalue weighted by Gasteiger charge is 2.33. The van der Waals surface area contributed by atoms with Crippen molar-refractivity contribution in [2.24, 2.45) is 0 Å². The van der Waals surface area contributed by atoms with E-state index in [9.17, 15) is 19.2 Å². The Kier molecular flexibility index (Phi) is 8.36. The molecule has 10 nitrogen and oxygen atoms in total. The molecular formula is C38H32Cl2N4O6. The van der Waals surface area contributed by atoms with Crippen LogP contribution < -0.4 is 29.9 Å². The Balaban J connectivity index is 1.08. The molecule has 4 aromatic carbocycles. The van der Waals surface area contributed by atoms with Crippen molar-refractivity contribution in [2.45, 2.75) is 37.8 Å². The topological polar surface area (TPSA) is 117 Å². The second-order valence-corrected chi connectivity index (χ2v) is 13.6. The number of hydrogen-bond donors (Lipinski definition) is 2. The third-order valence-electron chi connectivity index (χ3n) is 9.69. The minimum atomic E-state index is -0.156. The molecule has 4 amide bonds. The lowest BCUT2D eigenvalue weighted by atomic mass is 9.95. The van der Waals surface area contributed by atoms with Crippen LogP contribution in [0.15, 0.2) is 72.8 Å². The summed E-state index contributed by atoms with van der Waals surface area (Å²) in [6, 6.07) is 22.6. The number of rotatable bonds is 7. The second-order valence-electron chi connectivity index (χ2n) is 12.9. The first-order valence-corrected chi connectivity index (χ1v) is 17.3. The molecule has 0 spiro atoms. The lowest BCUT2D eigenvalue weighted by Crippen LogP contribution is -2.46. The third kappa shape index (κ3) is 5.92. The normalized spacial score (nSPS) is 19.8. The van der Waals surface area contributed by atoms with E-state index in [2.05, 4.69) is 10.6 Å². The first-order valence-electron chi connectivity index (χ1n) is 16.5. The SMILES string of the molecule is O=C1CC[C@H](CN2C(=O)COc3cc(-c4cccc(-c5cccc(-c6ccc7c(c6)OCC(=O)N7C[C@H]6CCC(=O)N6)c5Cl)c4Cl)ccc32)N1. The van der Waals surface area contributed by atoms with E-state index in [0.717, 1.165) is 33.4 Å². The van der Waals surface area contributed by atoms with Gasteiger partial charge in [0, 0.05) is 60.3 Å². The average molecular weight is 712 g/mol. The highest BCUT2D eigenvalue weighted by Crippen LogP contribution is 2.45. The molecular weight excluding hydrogens is 679 g/mol. The Hall–Kier alpha value is -5.06. The molecule has 254 valence electrons. The lowest BCUT2D eigenvalue weighted by Gasteiger charge is -2.31. The molecule has 4 aromatic rings. The molecule has 0 unspecified atom stereocenters. The molecule has 0 aliphatic carbocycles. The first kappa shape index (κ1) is 32.2. The number of halogens is 2. The summed E-state index contributed by atoms with van der Waals surface area (Å²) in [5.41, 5.74) is 5.97. The van der Waals surface area contributed by atoms with E-state index < -0.39 is 0 Å². The number of nitrogens with one attached hydrogen (secondary N) is 2. The maximum absolute atomic E-state index is 12.8. The molecule has 0 radical (unpaired) electrons. The van der Waals surface area contributed by atoms with Crippen molar-refractivity contribution >= 4 is 58.2 Å². The Morgan fingerprint density at radius 2 is 1.02 bits per heavy atom. The summed E-state index contributed by atoms with van der Waals surface area (Å²) >= 11 is 14.3.